The predicted molar refractivity (Wildman–Crippen MR) is 66.2 cm³/mol. The molecule has 1 amide bonds. The molecule has 0 saturated carbocycles. The average Bonchev–Trinajstić information content (AvgIpc) is 2.80. The van der Waals surface area contributed by atoms with Gasteiger partial charge in [-0.05, 0) is 36.0 Å². The summed E-state index contributed by atoms with van der Waals surface area (Å²) in [7, 11) is 0. The van der Waals surface area contributed by atoms with Gasteiger partial charge < -0.3 is 0 Å². The number of rotatable bonds is 3. The minimum atomic E-state index is -4.34. The number of amides is 1. The quantitative estimate of drug-likeness (QED) is 0.883. The van der Waals surface area contributed by atoms with E-state index in [0.29, 0.717) is 5.13 Å². The molecule has 1 aromatic heterocycles. The standard InChI is InChI=1S/C10H6F3N3OS2/c11-10(12,13)19-7-3-1-6(2-4-7)8(17)15-9-16-14-5-18-9/h1-5H,(H,15,16,17). The van der Waals surface area contributed by atoms with Gasteiger partial charge in [0.2, 0.25) is 5.13 Å². The lowest BCUT2D eigenvalue weighted by Crippen LogP contribution is -2.11. The minimum absolute atomic E-state index is 0.0277. The Morgan fingerprint density at radius 2 is 1.95 bits per heavy atom. The van der Waals surface area contributed by atoms with Crippen molar-refractivity contribution >= 4 is 34.1 Å². The third-order valence-electron chi connectivity index (χ3n) is 1.93. The van der Waals surface area contributed by atoms with E-state index in [9.17, 15) is 18.0 Å². The predicted octanol–water partition coefficient (Wildman–Crippen LogP) is 3.40. The maximum atomic E-state index is 12.1. The van der Waals surface area contributed by atoms with Crippen LogP contribution >= 0.6 is 23.1 Å². The van der Waals surface area contributed by atoms with Crippen LogP contribution in [0.5, 0.6) is 0 Å². The summed E-state index contributed by atoms with van der Waals surface area (Å²) in [5.74, 6) is -0.444. The summed E-state index contributed by atoms with van der Waals surface area (Å²) in [6.07, 6.45) is 0. The molecule has 2 rings (SSSR count). The van der Waals surface area contributed by atoms with Gasteiger partial charge in [0.05, 0.1) is 0 Å². The van der Waals surface area contributed by atoms with Crippen LogP contribution in [-0.4, -0.2) is 21.6 Å². The molecule has 1 N–H and O–H groups in total. The zero-order chi connectivity index (χ0) is 13.9. The second kappa shape index (κ2) is 5.57. The highest BCUT2D eigenvalue weighted by Gasteiger charge is 2.29. The largest absolute Gasteiger partial charge is 0.446 e. The third kappa shape index (κ3) is 4.21. The van der Waals surface area contributed by atoms with Crippen molar-refractivity contribution in [2.75, 3.05) is 5.32 Å². The van der Waals surface area contributed by atoms with E-state index in [2.05, 4.69) is 15.5 Å². The molecule has 0 atom stereocenters. The highest BCUT2D eigenvalue weighted by atomic mass is 32.2. The Morgan fingerprint density at radius 1 is 1.26 bits per heavy atom. The van der Waals surface area contributed by atoms with E-state index in [4.69, 9.17) is 0 Å². The van der Waals surface area contributed by atoms with Crippen LogP contribution in [0.2, 0.25) is 0 Å². The van der Waals surface area contributed by atoms with Crippen molar-refractivity contribution in [2.24, 2.45) is 0 Å². The van der Waals surface area contributed by atoms with E-state index in [-0.39, 0.29) is 22.2 Å². The Bertz CT molecular complexity index is 554. The van der Waals surface area contributed by atoms with Crippen molar-refractivity contribution < 1.29 is 18.0 Å². The van der Waals surface area contributed by atoms with Crippen LogP contribution in [0.15, 0.2) is 34.7 Å². The van der Waals surface area contributed by atoms with Gasteiger partial charge in [-0.3, -0.25) is 10.1 Å². The molecule has 0 aliphatic heterocycles. The summed E-state index contributed by atoms with van der Waals surface area (Å²) in [5, 5.41) is 10.00. The van der Waals surface area contributed by atoms with Crippen LogP contribution < -0.4 is 5.32 Å². The fourth-order valence-electron chi connectivity index (χ4n) is 1.20. The topological polar surface area (TPSA) is 54.9 Å². The Labute approximate surface area is 114 Å². The van der Waals surface area contributed by atoms with Gasteiger partial charge in [-0.25, -0.2) is 0 Å². The van der Waals surface area contributed by atoms with E-state index in [1.54, 1.807) is 0 Å². The molecule has 1 heterocycles. The second-order valence-corrected chi connectivity index (χ2v) is 5.24. The number of halogens is 3. The summed E-state index contributed by atoms with van der Waals surface area (Å²) >= 11 is 0.924. The Morgan fingerprint density at radius 3 is 2.47 bits per heavy atom. The fraction of sp³-hybridized carbons (Fsp3) is 0.100. The van der Waals surface area contributed by atoms with Crippen molar-refractivity contribution in [1.82, 2.24) is 10.2 Å². The third-order valence-corrected chi connectivity index (χ3v) is 3.28. The molecule has 100 valence electrons. The van der Waals surface area contributed by atoms with E-state index < -0.39 is 11.4 Å². The van der Waals surface area contributed by atoms with Crippen LogP contribution in [0, 0.1) is 0 Å². The first-order chi connectivity index (χ1) is 8.94. The van der Waals surface area contributed by atoms with Gasteiger partial charge in [0, 0.05) is 10.5 Å². The number of anilines is 1. The maximum Gasteiger partial charge on any atom is 0.446 e. The lowest BCUT2D eigenvalue weighted by Gasteiger charge is -2.06. The van der Waals surface area contributed by atoms with E-state index in [1.807, 2.05) is 0 Å². The second-order valence-electron chi connectivity index (χ2n) is 3.27. The van der Waals surface area contributed by atoms with Crippen LogP contribution in [0.1, 0.15) is 10.4 Å². The molecule has 2 aromatic rings. The van der Waals surface area contributed by atoms with Gasteiger partial charge in [0.15, 0.2) is 0 Å². The normalized spacial score (nSPS) is 11.3. The molecule has 1 aromatic carbocycles. The van der Waals surface area contributed by atoms with Crippen LogP contribution in [0.4, 0.5) is 18.3 Å². The maximum absolute atomic E-state index is 12.1. The van der Waals surface area contributed by atoms with Crippen molar-refractivity contribution in [1.29, 1.82) is 0 Å². The van der Waals surface area contributed by atoms with Gasteiger partial charge in [0.1, 0.15) is 5.51 Å². The first-order valence-corrected chi connectivity index (χ1v) is 6.57. The highest BCUT2D eigenvalue weighted by molar-refractivity contribution is 8.00. The number of carbonyl (C=O) groups excluding carboxylic acids is 1. The summed E-state index contributed by atoms with van der Waals surface area (Å²) in [6.45, 7) is 0. The number of hydrogen-bond acceptors (Lipinski definition) is 5. The van der Waals surface area contributed by atoms with Gasteiger partial charge in [-0.2, -0.15) is 13.2 Å². The van der Waals surface area contributed by atoms with Crippen LogP contribution in [0.3, 0.4) is 0 Å². The van der Waals surface area contributed by atoms with Gasteiger partial charge in [-0.15, -0.1) is 10.2 Å². The van der Waals surface area contributed by atoms with Crippen LogP contribution in [0.25, 0.3) is 0 Å². The molecule has 0 aliphatic rings. The highest BCUT2D eigenvalue weighted by Crippen LogP contribution is 2.36. The SMILES string of the molecule is O=C(Nc1nncs1)c1ccc(SC(F)(F)F)cc1. The van der Waals surface area contributed by atoms with Gasteiger partial charge >= 0.3 is 5.51 Å². The van der Waals surface area contributed by atoms with Crippen molar-refractivity contribution in [3.63, 3.8) is 0 Å². The lowest BCUT2D eigenvalue weighted by atomic mass is 10.2. The molecular formula is C10H6F3N3OS2. The molecule has 0 spiro atoms. The van der Waals surface area contributed by atoms with E-state index >= 15 is 0 Å². The van der Waals surface area contributed by atoms with Crippen LogP contribution in [-0.2, 0) is 0 Å². The van der Waals surface area contributed by atoms with Crippen molar-refractivity contribution in [3.05, 3.63) is 35.3 Å². The summed E-state index contributed by atoms with van der Waals surface area (Å²) in [4.78, 5) is 11.7. The van der Waals surface area contributed by atoms with Gasteiger partial charge in [0.25, 0.3) is 5.91 Å². The Balaban J connectivity index is 2.04. The molecule has 0 aliphatic carbocycles. The first kappa shape index (κ1) is 13.8. The molecular weight excluding hydrogens is 299 g/mol. The molecule has 0 saturated heterocycles. The molecule has 0 unspecified atom stereocenters. The minimum Gasteiger partial charge on any atom is -0.296 e. The number of nitrogens with one attached hydrogen (secondary N) is 1. The molecule has 0 fully saturated rings. The number of thioether (sulfide) groups is 1. The molecule has 9 heteroatoms. The van der Waals surface area contributed by atoms with E-state index in [0.717, 1.165) is 11.3 Å². The Hall–Kier alpha value is -1.61. The Kier molecular flexibility index (Phi) is 4.05. The van der Waals surface area contributed by atoms with Crippen molar-refractivity contribution in [3.8, 4) is 0 Å². The molecule has 4 nitrogen and oxygen atoms in total. The molecule has 0 bridgehead atoms. The van der Waals surface area contributed by atoms with Gasteiger partial charge in [-0.1, -0.05) is 11.3 Å². The van der Waals surface area contributed by atoms with E-state index in [1.165, 1.54) is 29.8 Å². The number of benzene rings is 1. The zero-order valence-corrected chi connectivity index (χ0v) is 10.8. The fourth-order valence-corrected chi connectivity index (χ4v) is 2.18. The monoisotopic (exact) mass is 305 g/mol. The summed E-state index contributed by atoms with van der Waals surface area (Å²) in [5.41, 5.74) is -2.63. The number of aromatic nitrogens is 2. The molecule has 0 radical (unpaired) electrons. The lowest BCUT2D eigenvalue weighted by molar-refractivity contribution is -0.0328. The summed E-state index contributed by atoms with van der Waals surface area (Å²) in [6, 6.07) is 5.13. The summed E-state index contributed by atoms with van der Waals surface area (Å²) < 4.78 is 36.4. The molecule has 19 heavy (non-hydrogen) atoms. The smallest absolute Gasteiger partial charge is 0.296 e. The number of hydrogen-bond donors (Lipinski definition) is 1. The number of nitrogens with zero attached hydrogens (tertiary/aromatic N) is 2. The van der Waals surface area contributed by atoms with Crippen molar-refractivity contribution in [2.45, 2.75) is 10.4 Å². The number of carbonyl (C=O) groups is 1. The zero-order valence-electron chi connectivity index (χ0n) is 9.14. The first-order valence-electron chi connectivity index (χ1n) is 4.87. The number of alkyl halides is 3. The average molecular weight is 305 g/mol.